The molecule has 5 unspecified atom stereocenters. The number of nitrogens with zero attached hydrogens (tertiary/aromatic N) is 1. The van der Waals surface area contributed by atoms with E-state index < -0.39 is 6.10 Å². The van der Waals surface area contributed by atoms with Crippen molar-refractivity contribution in [1.29, 1.82) is 0 Å². The largest absolute Gasteiger partial charge is 0.504 e. The Balaban J connectivity index is 1.55. The van der Waals surface area contributed by atoms with E-state index in [0.717, 1.165) is 31.5 Å². The van der Waals surface area contributed by atoms with E-state index in [9.17, 15) is 24.9 Å². The minimum Gasteiger partial charge on any atom is -0.504 e. The monoisotopic (exact) mass is 513 g/mol. The normalized spacial score (nSPS) is 21.3. The highest BCUT2D eigenvalue weighted by Crippen LogP contribution is 2.37. The number of ether oxygens (including phenoxy) is 1. The van der Waals surface area contributed by atoms with Crippen LogP contribution in [-0.4, -0.2) is 64.6 Å². The number of unbranched alkanes of at least 4 members (excludes halogenated alkanes) is 1. The number of hydrogen-bond donors (Lipinski definition) is 3. The zero-order valence-electron chi connectivity index (χ0n) is 22.4. The molecule has 0 spiro atoms. The van der Waals surface area contributed by atoms with Crippen LogP contribution in [-0.2, 0) is 14.3 Å². The van der Waals surface area contributed by atoms with E-state index in [-0.39, 0.29) is 46.9 Å². The third kappa shape index (κ3) is 8.00. The number of aliphatic hydroxyl groups excluding tert-OH is 1. The Bertz CT molecular complexity index is 980. The number of rotatable bonds is 14. The number of hydrogen-bond acceptors (Lipinski definition) is 7. The molecule has 7 heteroatoms. The molecule has 0 amide bonds. The van der Waals surface area contributed by atoms with Gasteiger partial charge in [0.1, 0.15) is 5.78 Å². The zero-order valence-corrected chi connectivity index (χ0v) is 22.4. The molecule has 0 bridgehead atoms. The summed E-state index contributed by atoms with van der Waals surface area (Å²) in [6.45, 7) is 6.57. The number of carbonyl (C=O) groups is 2. The number of phenols is 2. The molecule has 7 nitrogen and oxygen atoms in total. The molecular weight excluding hydrogens is 470 g/mol. The summed E-state index contributed by atoms with van der Waals surface area (Å²) in [7, 11) is 1.65. The standard InChI is InChI=1S/C30H43NO6/c1-20(21(2)26(32)8-4-5-9-27(33)22-10-13-24(37-3)14-11-22)25(19-31-16-6-7-17-31)30(36)23-12-15-28(34)29(35)18-23/h10-13,15,18,20-21,24-25,30,34-36H,4-9,14,16-17,19H2,1-3H3. The fraction of sp³-hybridized carbons (Fsp3) is 0.600. The van der Waals surface area contributed by atoms with Crippen molar-refractivity contribution in [3.8, 4) is 11.5 Å². The summed E-state index contributed by atoms with van der Waals surface area (Å²) in [5.74, 6) is -0.788. The molecule has 3 N–H and O–H groups in total. The molecule has 1 aromatic carbocycles. The molecule has 0 saturated carbocycles. The van der Waals surface area contributed by atoms with Crippen molar-refractivity contribution in [1.82, 2.24) is 4.90 Å². The van der Waals surface area contributed by atoms with Gasteiger partial charge >= 0.3 is 0 Å². The Morgan fingerprint density at radius 2 is 1.78 bits per heavy atom. The van der Waals surface area contributed by atoms with E-state index in [0.29, 0.717) is 44.2 Å². The molecule has 3 rings (SSSR count). The van der Waals surface area contributed by atoms with Crippen LogP contribution >= 0.6 is 0 Å². The zero-order chi connectivity index (χ0) is 26.9. The highest BCUT2D eigenvalue weighted by atomic mass is 16.5. The van der Waals surface area contributed by atoms with E-state index in [1.165, 1.54) is 12.1 Å². The molecule has 2 aliphatic rings. The maximum atomic E-state index is 13.1. The van der Waals surface area contributed by atoms with Crippen molar-refractivity contribution in [2.45, 2.75) is 71.0 Å². The summed E-state index contributed by atoms with van der Waals surface area (Å²) in [5.41, 5.74) is 1.26. The number of aromatic hydroxyl groups is 2. The average Bonchev–Trinajstić information content (AvgIpc) is 3.43. The topological polar surface area (TPSA) is 107 Å². The van der Waals surface area contributed by atoms with Crippen molar-refractivity contribution in [3.63, 3.8) is 0 Å². The predicted molar refractivity (Wildman–Crippen MR) is 143 cm³/mol. The Morgan fingerprint density at radius 3 is 2.41 bits per heavy atom. The fourth-order valence-corrected chi connectivity index (χ4v) is 5.39. The lowest BCUT2D eigenvalue weighted by molar-refractivity contribution is -0.125. The highest BCUT2D eigenvalue weighted by molar-refractivity contribution is 5.98. The van der Waals surface area contributed by atoms with E-state index in [1.807, 2.05) is 32.1 Å². The van der Waals surface area contributed by atoms with E-state index >= 15 is 0 Å². The highest BCUT2D eigenvalue weighted by Gasteiger charge is 2.34. The van der Waals surface area contributed by atoms with Crippen LogP contribution in [0.1, 0.15) is 70.5 Å². The summed E-state index contributed by atoms with van der Waals surface area (Å²) in [5, 5.41) is 30.9. The van der Waals surface area contributed by atoms with Gasteiger partial charge in [-0.2, -0.15) is 0 Å². The number of carbonyl (C=O) groups excluding carboxylic acids is 2. The number of allylic oxidation sites excluding steroid dienone is 2. The van der Waals surface area contributed by atoms with Gasteiger partial charge in [0, 0.05) is 43.9 Å². The first-order valence-corrected chi connectivity index (χ1v) is 13.6. The van der Waals surface area contributed by atoms with Gasteiger partial charge in [-0.05, 0) is 68.8 Å². The predicted octanol–water partition coefficient (Wildman–Crippen LogP) is 4.72. The number of methoxy groups -OCH3 is 1. The smallest absolute Gasteiger partial charge is 0.162 e. The molecule has 5 atom stereocenters. The Kier molecular flexibility index (Phi) is 10.9. The fourth-order valence-electron chi connectivity index (χ4n) is 5.39. The van der Waals surface area contributed by atoms with Gasteiger partial charge in [0.25, 0.3) is 0 Å². The maximum absolute atomic E-state index is 13.1. The lowest BCUT2D eigenvalue weighted by Gasteiger charge is -2.35. The molecular formula is C30H43NO6. The third-order valence-electron chi connectivity index (χ3n) is 8.15. The number of likely N-dealkylation sites (tertiary alicyclic amines) is 1. The van der Waals surface area contributed by atoms with Gasteiger partial charge in [-0.15, -0.1) is 0 Å². The number of aliphatic hydroxyl groups is 1. The van der Waals surface area contributed by atoms with Crippen LogP contribution in [0.3, 0.4) is 0 Å². The Labute approximate surface area is 220 Å². The lowest BCUT2D eigenvalue weighted by Crippen LogP contribution is -2.37. The van der Waals surface area contributed by atoms with E-state index in [2.05, 4.69) is 4.90 Å². The molecule has 1 saturated heterocycles. The third-order valence-corrected chi connectivity index (χ3v) is 8.15. The molecule has 1 fully saturated rings. The van der Waals surface area contributed by atoms with Gasteiger partial charge in [0.2, 0.25) is 0 Å². The van der Waals surface area contributed by atoms with Crippen LogP contribution in [0.5, 0.6) is 11.5 Å². The van der Waals surface area contributed by atoms with Gasteiger partial charge in [-0.1, -0.05) is 38.1 Å². The van der Waals surface area contributed by atoms with E-state index in [4.69, 9.17) is 4.74 Å². The van der Waals surface area contributed by atoms with Crippen molar-refractivity contribution in [2.75, 3.05) is 26.7 Å². The van der Waals surface area contributed by atoms with Crippen molar-refractivity contribution >= 4 is 11.6 Å². The van der Waals surface area contributed by atoms with Crippen LogP contribution in [0, 0.1) is 17.8 Å². The second-order valence-electron chi connectivity index (χ2n) is 10.6. The summed E-state index contributed by atoms with van der Waals surface area (Å²) in [6, 6.07) is 4.41. The summed E-state index contributed by atoms with van der Waals surface area (Å²) < 4.78 is 5.27. The average molecular weight is 514 g/mol. The van der Waals surface area contributed by atoms with Crippen LogP contribution < -0.4 is 0 Å². The second-order valence-corrected chi connectivity index (χ2v) is 10.6. The summed E-state index contributed by atoms with van der Waals surface area (Å²) in [6.07, 6.45) is 9.94. The first kappa shape index (κ1) is 29.1. The molecule has 1 heterocycles. The Morgan fingerprint density at radius 1 is 1.08 bits per heavy atom. The summed E-state index contributed by atoms with van der Waals surface area (Å²) in [4.78, 5) is 27.9. The SMILES string of the molecule is COC1C=CC(C(=O)CCCCC(=O)C(C)C(C)C(CN2CCCC2)C(O)c2ccc(O)c(O)c2)=CC1. The van der Waals surface area contributed by atoms with Crippen LogP contribution in [0.2, 0.25) is 0 Å². The van der Waals surface area contributed by atoms with Gasteiger partial charge < -0.3 is 25.0 Å². The lowest BCUT2D eigenvalue weighted by atomic mass is 9.76. The van der Waals surface area contributed by atoms with Crippen LogP contribution in [0.15, 0.2) is 42.0 Å². The maximum Gasteiger partial charge on any atom is 0.162 e. The number of benzene rings is 1. The molecule has 1 aromatic rings. The molecule has 37 heavy (non-hydrogen) atoms. The van der Waals surface area contributed by atoms with Gasteiger partial charge in [0.05, 0.1) is 12.2 Å². The van der Waals surface area contributed by atoms with Crippen molar-refractivity contribution in [3.05, 3.63) is 47.6 Å². The van der Waals surface area contributed by atoms with Gasteiger partial charge in [-0.3, -0.25) is 9.59 Å². The Hall–Kier alpha value is -2.48. The van der Waals surface area contributed by atoms with Crippen LogP contribution in [0.25, 0.3) is 0 Å². The molecule has 1 aliphatic heterocycles. The molecule has 204 valence electrons. The molecule has 0 radical (unpaired) electrons. The minimum absolute atomic E-state index is 0.0326. The molecule has 0 aromatic heterocycles. The number of ketones is 2. The first-order valence-electron chi connectivity index (χ1n) is 13.6. The van der Waals surface area contributed by atoms with Gasteiger partial charge in [-0.25, -0.2) is 0 Å². The van der Waals surface area contributed by atoms with Gasteiger partial charge in [0.15, 0.2) is 17.3 Å². The van der Waals surface area contributed by atoms with E-state index in [1.54, 1.807) is 13.2 Å². The summed E-state index contributed by atoms with van der Waals surface area (Å²) >= 11 is 0. The number of Topliss-reactive ketones (excluding diaryl/α,β-unsaturated/α-hetero) is 2. The second kappa shape index (κ2) is 13.9. The quantitative estimate of drug-likeness (QED) is 0.244. The minimum atomic E-state index is -0.871. The number of phenolic OH excluding ortho intramolecular Hbond substituents is 2. The van der Waals surface area contributed by atoms with Crippen molar-refractivity contribution < 1.29 is 29.6 Å². The van der Waals surface area contributed by atoms with Crippen LogP contribution in [0.4, 0.5) is 0 Å². The first-order chi connectivity index (χ1) is 17.7. The van der Waals surface area contributed by atoms with Crippen molar-refractivity contribution in [2.24, 2.45) is 17.8 Å². The molecule has 1 aliphatic carbocycles.